The third kappa shape index (κ3) is 8.14. The summed E-state index contributed by atoms with van der Waals surface area (Å²) < 4.78 is 14.3. The van der Waals surface area contributed by atoms with Gasteiger partial charge in [0.1, 0.15) is 23.3 Å². The van der Waals surface area contributed by atoms with Gasteiger partial charge in [-0.1, -0.05) is 40.2 Å². The van der Waals surface area contributed by atoms with Crippen LogP contribution in [-0.4, -0.2) is 78.0 Å². The molecule has 4 aromatic rings. The van der Waals surface area contributed by atoms with E-state index in [1.165, 1.54) is 18.4 Å². The van der Waals surface area contributed by atoms with E-state index in [1.54, 1.807) is 36.5 Å². The number of thiophene rings is 1. The van der Waals surface area contributed by atoms with Gasteiger partial charge in [0.15, 0.2) is 5.75 Å². The van der Waals surface area contributed by atoms with E-state index >= 15 is 0 Å². The van der Waals surface area contributed by atoms with E-state index in [-0.39, 0.29) is 23.5 Å². The van der Waals surface area contributed by atoms with Gasteiger partial charge in [0, 0.05) is 59.1 Å². The van der Waals surface area contributed by atoms with Crippen LogP contribution < -0.4 is 20.1 Å². The van der Waals surface area contributed by atoms with Gasteiger partial charge in [0.2, 0.25) is 11.8 Å². The van der Waals surface area contributed by atoms with E-state index in [0.717, 1.165) is 87.0 Å². The van der Waals surface area contributed by atoms with E-state index in [0.29, 0.717) is 30.9 Å². The number of likely N-dealkylation sites (tertiary alicyclic amines) is 1. The van der Waals surface area contributed by atoms with Gasteiger partial charge >= 0.3 is 0 Å². The Bertz CT molecular complexity index is 2170. The average molecular weight is 840 g/mol. The number of halogens is 1. The first-order valence-electron chi connectivity index (χ1n) is 19.1. The van der Waals surface area contributed by atoms with Crippen LogP contribution in [0.25, 0.3) is 20.5 Å². The molecule has 3 aromatic carbocycles. The Labute approximate surface area is 340 Å². The second kappa shape index (κ2) is 17.1. The minimum absolute atomic E-state index is 0.255. The van der Waals surface area contributed by atoms with E-state index in [2.05, 4.69) is 50.2 Å². The molecule has 56 heavy (non-hydrogen) atoms. The molecule has 4 aliphatic rings. The van der Waals surface area contributed by atoms with Crippen LogP contribution in [0.2, 0.25) is 0 Å². The number of rotatable bonds is 11. The van der Waals surface area contributed by atoms with Crippen molar-refractivity contribution in [2.45, 2.75) is 57.6 Å². The quantitative estimate of drug-likeness (QED) is 0.102. The van der Waals surface area contributed by atoms with E-state index in [1.807, 2.05) is 54.6 Å². The molecule has 1 saturated carbocycles. The zero-order valence-electron chi connectivity index (χ0n) is 31.7. The number of amides is 3. The highest BCUT2D eigenvalue weighted by molar-refractivity contribution is 9.10. The average Bonchev–Trinajstić information content (AvgIpc) is 3.64. The lowest BCUT2D eigenvalue weighted by Crippen LogP contribution is -2.49. The number of nitrogens with one attached hydrogen (secondary N) is 2. The molecule has 3 amide bonds. The summed E-state index contributed by atoms with van der Waals surface area (Å²) in [7, 11) is 1.52. The van der Waals surface area contributed by atoms with Crippen LogP contribution in [0.15, 0.2) is 107 Å². The molecule has 2 unspecified atom stereocenters. The Morgan fingerprint density at radius 1 is 1.09 bits per heavy atom. The Balaban J connectivity index is 0.000000172. The number of carbonyl (C=O) groups excluding carboxylic acids is 3. The fourth-order valence-electron chi connectivity index (χ4n) is 7.36. The number of phenols is 1. The third-order valence-electron chi connectivity index (χ3n) is 10.9. The Morgan fingerprint density at radius 2 is 1.80 bits per heavy atom. The van der Waals surface area contributed by atoms with Crippen molar-refractivity contribution >= 4 is 55.1 Å². The van der Waals surface area contributed by atoms with Crippen molar-refractivity contribution in [2.24, 2.45) is 5.41 Å². The van der Waals surface area contributed by atoms with Crippen LogP contribution in [0.3, 0.4) is 0 Å². The number of hydrogen-bond acceptors (Lipinski definition) is 9. The number of allylic oxidation sites excluding steroid dienone is 3. The summed E-state index contributed by atoms with van der Waals surface area (Å²) in [5.74, 6) is 1.75. The second-order valence-electron chi connectivity index (χ2n) is 14.6. The smallest absolute Gasteiger partial charge is 0.258 e. The van der Waals surface area contributed by atoms with Gasteiger partial charge in [-0.2, -0.15) is 0 Å². The molecule has 0 radical (unpaired) electrons. The SMILES string of the molecule is C=CCCC(C(=O)NC)N1C(=O)C2=CC(N3CCNCC3)=CCC2(C)C1=O.Oc1ccc2c(Oc3ccc(OC4CCC4)cc3)c(-c3ccc(Br)cc3)sc2c1. The van der Waals surface area contributed by atoms with Crippen molar-refractivity contribution in [3.8, 4) is 33.4 Å². The number of piperazine rings is 1. The minimum atomic E-state index is -0.894. The topological polar surface area (TPSA) is 120 Å². The summed E-state index contributed by atoms with van der Waals surface area (Å²) >= 11 is 5.11. The standard InChI is InChI=1S/C24H19BrO3S.C20H28N4O3/c25-16-6-4-15(5-7-16)24-23(21-13-8-17(26)14-22(21)29-24)28-20-11-9-19(10-12-20)27-18-2-1-3-18;1-4-5-6-16(17(25)21-3)24-18(26)15-13-14(23-11-9-22-10-12-23)7-8-20(15,2)19(24)27/h4-14,18,26H,1-3H2;4,7,13,16,22H,1,5-6,8-12H2,2-3H3,(H,21,25). The van der Waals surface area contributed by atoms with E-state index in [9.17, 15) is 19.5 Å². The molecule has 0 spiro atoms. The van der Waals surface area contributed by atoms with Crippen LogP contribution in [-0.2, 0) is 14.4 Å². The van der Waals surface area contributed by atoms with Crippen molar-refractivity contribution in [2.75, 3.05) is 33.2 Å². The van der Waals surface area contributed by atoms with Gasteiger partial charge in [0.05, 0.1) is 16.4 Å². The van der Waals surface area contributed by atoms with Gasteiger partial charge < -0.3 is 30.1 Å². The number of nitrogens with zero attached hydrogens (tertiary/aromatic N) is 2. The second-order valence-corrected chi connectivity index (χ2v) is 16.6. The molecular formula is C44H47BrN4O6S. The first-order chi connectivity index (χ1) is 27.1. The van der Waals surface area contributed by atoms with Gasteiger partial charge in [-0.05, 0) is 112 Å². The minimum Gasteiger partial charge on any atom is -0.508 e. The fourth-order valence-corrected chi connectivity index (χ4v) is 8.79. The first-order valence-corrected chi connectivity index (χ1v) is 20.7. The molecule has 8 rings (SSSR count). The number of likely N-dealkylation sites (N-methyl/N-ethyl adjacent to an activating group) is 1. The maximum Gasteiger partial charge on any atom is 0.258 e. The molecule has 10 nitrogen and oxygen atoms in total. The highest BCUT2D eigenvalue weighted by Gasteiger charge is 2.56. The first kappa shape index (κ1) is 39.3. The van der Waals surface area contributed by atoms with E-state index in [4.69, 9.17) is 9.47 Å². The number of ether oxygens (including phenoxy) is 2. The number of phenolic OH excluding ortho intramolecular Hbond substituents is 1. The van der Waals surface area contributed by atoms with Crippen LogP contribution in [0.5, 0.6) is 23.0 Å². The monoisotopic (exact) mass is 838 g/mol. The maximum absolute atomic E-state index is 13.2. The van der Waals surface area contributed by atoms with Crippen molar-refractivity contribution in [3.05, 3.63) is 107 Å². The van der Waals surface area contributed by atoms with Crippen molar-refractivity contribution in [1.29, 1.82) is 0 Å². The van der Waals surface area contributed by atoms with Crippen LogP contribution in [0, 0.1) is 5.41 Å². The number of aromatic hydroxyl groups is 1. The summed E-state index contributed by atoms with van der Waals surface area (Å²) in [4.78, 5) is 43.2. The Morgan fingerprint density at radius 3 is 2.46 bits per heavy atom. The molecule has 2 atom stereocenters. The number of carbonyl (C=O) groups is 3. The molecule has 0 bridgehead atoms. The molecule has 2 aliphatic carbocycles. The van der Waals surface area contributed by atoms with Gasteiger partial charge in [0.25, 0.3) is 5.91 Å². The summed E-state index contributed by atoms with van der Waals surface area (Å²) in [5, 5.41) is 16.8. The number of benzene rings is 3. The van der Waals surface area contributed by atoms with Gasteiger partial charge in [-0.15, -0.1) is 17.9 Å². The third-order valence-corrected chi connectivity index (χ3v) is 12.6. The largest absolute Gasteiger partial charge is 0.508 e. The van der Waals surface area contributed by atoms with Crippen molar-refractivity contribution < 1.29 is 29.0 Å². The Kier molecular flexibility index (Phi) is 12.0. The predicted octanol–water partition coefficient (Wildman–Crippen LogP) is 8.32. The molecule has 3 fully saturated rings. The fraction of sp³-hybridized carbons (Fsp3) is 0.341. The summed E-state index contributed by atoms with van der Waals surface area (Å²) in [6, 6.07) is 20.6. The molecule has 292 valence electrons. The summed E-state index contributed by atoms with van der Waals surface area (Å²) in [6.45, 7) is 9.03. The van der Waals surface area contributed by atoms with Crippen LogP contribution in [0.4, 0.5) is 0 Å². The zero-order chi connectivity index (χ0) is 39.4. The normalized spacial score (nSPS) is 19.9. The maximum atomic E-state index is 13.2. The molecular weight excluding hydrogens is 792 g/mol. The molecule has 3 heterocycles. The lowest BCUT2D eigenvalue weighted by Gasteiger charge is -2.34. The highest BCUT2D eigenvalue weighted by Crippen LogP contribution is 2.48. The number of fused-ring (bicyclic) bond motifs is 2. The molecule has 1 aromatic heterocycles. The molecule has 2 aliphatic heterocycles. The van der Waals surface area contributed by atoms with Crippen molar-refractivity contribution in [3.63, 3.8) is 0 Å². The van der Waals surface area contributed by atoms with Crippen LogP contribution in [0.1, 0.15) is 45.4 Å². The highest BCUT2D eigenvalue weighted by atomic mass is 79.9. The molecule has 2 saturated heterocycles. The summed E-state index contributed by atoms with van der Waals surface area (Å²) in [6.07, 6.45) is 10.9. The molecule has 3 N–H and O–H groups in total. The lowest BCUT2D eigenvalue weighted by molar-refractivity contribution is -0.148. The Hall–Kier alpha value is -4.91. The number of hydrogen-bond donors (Lipinski definition) is 3. The van der Waals surface area contributed by atoms with Crippen molar-refractivity contribution in [1.82, 2.24) is 20.4 Å². The number of imide groups is 1. The lowest BCUT2D eigenvalue weighted by atomic mass is 9.77. The van der Waals surface area contributed by atoms with Crippen LogP contribution >= 0.6 is 27.3 Å². The predicted molar refractivity (Wildman–Crippen MR) is 224 cm³/mol. The van der Waals surface area contributed by atoms with E-state index < -0.39 is 11.5 Å². The molecule has 12 heteroatoms. The zero-order valence-corrected chi connectivity index (χ0v) is 34.1. The van der Waals surface area contributed by atoms with Gasteiger partial charge in [-0.25, -0.2) is 0 Å². The summed E-state index contributed by atoms with van der Waals surface area (Å²) in [5.41, 5.74) is 1.68. The van der Waals surface area contributed by atoms with Gasteiger partial charge in [-0.3, -0.25) is 19.3 Å².